The lowest BCUT2D eigenvalue weighted by atomic mass is 10.5. The van der Waals surface area contributed by atoms with Crippen molar-refractivity contribution in [1.29, 1.82) is 0 Å². The minimum Gasteiger partial charge on any atom is -0.433 e. The van der Waals surface area contributed by atoms with Crippen molar-refractivity contribution >= 4 is 5.97 Å². The molecule has 0 saturated heterocycles. The van der Waals surface area contributed by atoms with E-state index in [1.54, 1.807) is 19.9 Å². The third-order valence-electron chi connectivity index (χ3n) is 1.05. The normalized spacial score (nSPS) is 13.8. The molecule has 70 valence electrons. The zero-order valence-electron chi connectivity index (χ0n) is 8.03. The van der Waals surface area contributed by atoms with E-state index >= 15 is 0 Å². The molecule has 0 amide bonds. The van der Waals surface area contributed by atoms with E-state index < -0.39 is 6.29 Å². The van der Waals surface area contributed by atoms with E-state index in [0.717, 1.165) is 0 Å². The molecule has 0 aliphatic heterocycles. The second-order valence-corrected chi connectivity index (χ2v) is 2.69. The summed E-state index contributed by atoms with van der Waals surface area (Å²) >= 11 is 0. The SMILES string of the molecule is CC=CC(=O)OC(C)OC(C)C. The maximum Gasteiger partial charge on any atom is 0.332 e. The lowest BCUT2D eigenvalue weighted by Crippen LogP contribution is -2.20. The first-order valence-electron chi connectivity index (χ1n) is 4.05. The van der Waals surface area contributed by atoms with Crippen LogP contribution in [0.3, 0.4) is 0 Å². The lowest BCUT2D eigenvalue weighted by Gasteiger charge is -2.15. The second-order valence-electron chi connectivity index (χ2n) is 2.69. The van der Waals surface area contributed by atoms with E-state index in [1.165, 1.54) is 6.08 Å². The van der Waals surface area contributed by atoms with Gasteiger partial charge in [-0.25, -0.2) is 4.79 Å². The van der Waals surface area contributed by atoms with Gasteiger partial charge >= 0.3 is 5.97 Å². The Kier molecular flexibility index (Phi) is 5.37. The summed E-state index contributed by atoms with van der Waals surface area (Å²) in [7, 11) is 0. The molecule has 1 unspecified atom stereocenters. The van der Waals surface area contributed by atoms with Crippen molar-refractivity contribution in [2.24, 2.45) is 0 Å². The molecule has 0 spiro atoms. The van der Waals surface area contributed by atoms with Crippen LogP contribution in [0.5, 0.6) is 0 Å². The van der Waals surface area contributed by atoms with Crippen LogP contribution in [-0.4, -0.2) is 18.4 Å². The Hall–Kier alpha value is -0.830. The molecular weight excluding hydrogens is 156 g/mol. The number of allylic oxidation sites excluding steroid dienone is 1. The standard InChI is InChI=1S/C9H16O3/c1-5-6-9(10)12-8(4)11-7(2)3/h5-8H,1-4H3. The summed E-state index contributed by atoms with van der Waals surface area (Å²) in [6.07, 6.45) is 2.58. The third-order valence-corrected chi connectivity index (χ3v) is 1.05. The summed E-state index contributed by atoms with van der Waals surface area (Å²) in [6.45, 7) is 7.23. The largest absolute Gasteiger partial charge is 0.433 e. The van der Waals surface area contributed by atoms with Crippen LogP contribution in [0.1, 0.15) is 27.7 Å². The smallest absolute Gasteiger partial charge is 0.332 e. The highest BCUT2D eigenvalue weighted by Crippen LogP contribution is 1.99. The summed E-state index contributed by atoms with van der Waals surface area (Å²) in [5, 5.41) is 0. The molecule has 3 heteroatoms. The van der Waals surface area contributed by atoms with E-state index in [9.17, 15) is 4.79 Å². The molecule has 0 saturated carbocycles. The Labute approximate surface area is 73.4 Å². The Balaban J connectivity index is 3.68. The summed E-state index contributed by atoms with van der Waals surface area (Å²) in [5.74, 6) is -0.370. The molecule has 0 aliphatic rings. The molecule has 0 aliphatic carbocycles. The number of ether oxygens (including phenoxy) is 2. The highest BCUT2D eigenvalue weighted by Gasteiger charge is 2.07. The molecule has 0 rings (SSSR count). The van der Waals surface area contributed by atoms with Gasteiger partial charge in [-0.3, -0.25) is 0 Å². The minimum atomic E-state index is -0.478. The van der Waals surface area contributed by atoms with Crippen LogP contribution in [0, 0.1) is 0 Å². The number of esters is 1. The van der Waals surface area contributed by atoms with Gasteiger partial charge in [-0.1, -0.05) is 6.08 Å². The molecule has 0 heterocycles. The number of rotatable bonds is 4. The van der Waals surface area contributed by atoms with Crippen LogP contribution < -0.4 is 0 Å². The Morgan fingerprint density at radius 3 is 2.33 bits per heavy atom. The molecule has 0 aromatic heterocycles. The van der Waals surface area contributed by atoms with Crippen LogP contribution in [0.2, 0.25) is 0 Å². The summed E-state index contributed by atoms with van der Waals surface area (Å²) < 4.78 is 10.0. The highest BCUT2D eigenvalue weighted by atomic mass is 16.7. The maximum atomic E-state index is 10.8. The topological polar surface area (TPSA) is 35.5 Å². The predicted octanol–water partition coefficient (Wildman–Crippen LogP) is 1.88. The van der Waals surface area contributed by atoms with Gasteiger partial charge in [0.05, 0.1) is 6.10 Å². The Bertz CT molecular complexity index is 161. The molecule has 0 N–H and O–H groups in total. The van der Waals surface area contributed by atoms with Crippen LogP contribution in [0.25, 0.3) is 0 Å². The zero-order chi connectivity index (χ0) is 9.56. The van der Waals surface area contributed by atoms with Gasteiger partial charge in [0.1, 0.15) is 0 Å². The van der Waals surface area contributed by atoms with E-state index in [4.69, 9.17) is 9.47 Å². The first-order chi connectivity index (χ1) is 5.56. The van der Waals surface area contributed by atoms with E-state index in [-0.39, 0.29) is 12.1 Å². The third kappa shape index (κ3) is 5.92. The number of hydrogen-bond donors (Lipinski definition) is 0. The van der Waals surface area contributed by atoms with Gasteiger partial charge in [0.15, 0.2) is 0 Å². The molecule has 3 nitrogen and oxygen atoms in total. The van der Waals surface area contributed by atoms with E-state index in [2.05, 4.69) is 0 Å². The van der Waals surface area contributed by atoms with Crippen molar-refractivity contribution in [2.45, 2.75) is 40.1 Å². The van der Waals surface area contributed by atoms with Crippen molar-refractivity contribution < 1.29 is 14.3 Å². The van der Waals surface area contributed by atoms with Gasteiger partial charge in [0.2, 0.25) is 6.29 Å². The molecule has 1 atom stereocenters. The van der Waals surface area contributed by atoms with Gasteiger partial charge in [0.25, 0.3) is 0 Å². The predicted molar refractivity (Wildman–Crippen MR) is 46.6 cm³/mol. The number of carbonyl (C=O) groups excluding carboxylic acids is 1. The molecule has 0 fully saturated rings. The fourth-order valence-electron chi connectivity index (χ4n) is 0.750. The quantitative estimate of drug-likeness (QED) is 0.369. The fraction of sp³-hybridized carbons (Fsp3) is 0.667. The fourth-order valence-corrected chi connectivity index (χ4v) is 0.750. The first-order valence-corrected chi connectivity index (χ1v) is 4.05. The second kappa shape index (κ2) is 5.77. The molecule has 0 radical (unpaired) electrons. The Morgan fingerprint density at radius 1 is 1.33 bits per heavy atom. The van der Waals surface area contributed by atoms with E-state index in [1.807, 2.05) is 13.8 Å². The van der Waals surface area contributed by atoms with E-state index in [0.29, 0.717) is 0 Å². The van der Waals surface area contributed by atoms with Crippen molar-refractivity contribution in [3.8, 4) is 0 Å². The molecule has 0 bridgehead atoms. The molecular formula is C9H16O3. The van der Waals surface area contributed by atoms with Gasteiger partial charge < -0.3 is 9.47 Å². The van der Waals surface area contributed by atoms with Crippen molar-refractivity contribution in [3.05, 3.63) is 12.2 Å². The average Bonchev–Trinajstić information content (AvgIpc) is 1.84. The van der Waals surface area contributed by atoms with Crippen LogP contribution in [0.15, 0.2) is 12.2 Å². The minimum absolute atomic E-state index is 0.0680. The maximum absolute atomic E-state index is 10.8. The van der Waals surface area contributed by atoms with Crippen molar-refractivity contribution in [3.63, 3.8) is 0 Å². The Morgan fingerprint density at radius 2 is 1.92 bits per heavy atom. The van der Waals surface area contributed by atoms with Gasteiger partial charge in [-0.2, -0.15) is 0 Å². The van der Waals surface area contributed by atoms with Crippen molar-refractivity contribution in [1.82, 2.24) is 0 Å². The average molecular weight is 172 g/mol. The zero-order valence-corrected chi connectivity index (χ0v) is 8.03. The van der Waals surface area contributed by atoms with Crippen molar-refractivity contribution in [2.75, 3.05) is 0 Å². The molecule has 0 aromatic carbocycles. The number of carbonyl (C=O) groups is 1. The molecule has 12 heavy (non-hydrogen) atoms. The van der Waals surface area contributed by atoms with Gasteiger partial charge in [0, 0.05) is 6.08 Å². The van der Waals surface area contributed by atoms with Crippen LogP contribution in [0.4, 0.5) is 0 Å². The van der Waals surface area contributed by atoms with Gasteiger partial charge in [-0.15, -0.1) is 0 Å². The summed E-state index contributed by atoms with van der Waals surface area (Å²) in [5.41, 5.74) is 0. The first kappa shape index (κ1) is 11.2. The monoisotopic (exact) mass is 172 g/mol. The van der Waals surface area contributed by atoms with Crippen LogP contribution in [-0.2, 0) is 14.3 Å². The van der Waals surface area contributed by atoms with Crippen LogP contribution >= 0.6 is 0 Å². The lowest BCUT2D eigenvalue weighted by molar-refractivity contribution is -0.175. The summed E-state index contributed by atoms with van der Waals surface area (Å²) in [4.78, 5) is 10.8. The van der Waals surface area contributed by atoms with Gasteiger partial charge in [-0.05, 0) is 27.7 Å². The number of hydrogen-bond acceptors (Lipinski definition) is 3. The highest BCUT2D eigenvalue weighted by molar-refractivity contribution is 5.81. The molecule has 0 aromatic rings. The summed E-state index contributed by atoms with van der Waals surface area (Å²) in [6, 6.07) is 0.